The quantitative estimate of drug-likeness (QED) is 0.871. The first kappa shape index (κ1) is 16.5. The molecule has 0 bridgehead atoms. The second kappa shape index (κ2) is 7.76. The highest BCUT2D eigenvalue weighted by atomic mass is 79.9. The summed E-state index contributed by atoms with van der Waals surface area (Å²) in [4.78, 5) is 0. The second-order valence-corrected chi connectivity index (χ2v) is 4.15. The van der Waals surface area contributed by atoms with Crippen LogP contribution in [-0.4, -0.2) is 25.9 Å². The van der Waals surface area contributed by atoms with E-state index in [2.05, 4.69) is 15.9 Å². The molecule has 0 radical (unpaired) electrons. The van der Waals surface area contributed by atoms with Crippen LogP contribution in [0.3, 0.4) is 0 Å². The Morgan fingerprint density at radius 2 is 1.76 bits per heavy atom. The minimum Gasteiger partial charge on any atom is -0.495 e. The molecule has 0 amide bonds. The molecule has 1 atom stereocenters. The molecular weight excluding hydrogens is 309 g/mol. The Labute approximate surface area is 116 Å². The third-order valence-electron chi connectivity index (χ3n) is 2.34. The molecular formula is C11H17BrClNO3. The molecule has 0 saturated carbocycles. The maximum atomic E-state index is 8.85. The topological polar surface area (TPSA) is 64.7 Å². The summed E-state index contributed by atoms with van der Waals surface area (Å²) >= 11 is 3.38. The summed E-state index contributed by atoms with van der Waals surface area (Å²) in [7, 11) is 3.17. The van der Waals surface area contributed by atoms with E-state index < -0.39 is 0 Å². The predicted octanol–water partition coefficient (Wildman–Crippen LogP) is 2.27. The predicted molar refractivity (Wildman–Crippen MR) is 73.1 cm³/mol. The monoisotopic (exact) mass is 325 g/mol. The number of aliphatic hydroxyl groups excluding tert-OH is 1. The van der Waals surface area contributed by atoms with E-state index in [-0.39, 0.29) is 25.1 Å². The average molecular weight is 327 g/mol. The Bertz CT molecular complexity index is 338. The number of aliphatic hydroxyl groups is 1. The SMILES string of the molecule is COc1cc([C@@H](N)CCO)cc(OC)c1Br.Cl. The van der Waals surface area contributed by atoms with Gasteiger partial charge >= 0.3 is 0 Å². The van der Waals surface area contributed by atoms with Crippen molar-refractivity contribution in [2.75, 3.05) is 20.8 Å². The number of ether oxygens (including phenoxy) is 2. The van der Waals surface area contributed by atoms with Crippen LogP contribution in [0.15, 0.2) is 16.6 Å². The molecule has 0 spiro atoms. The van der Waals surface area contributed by atoms with E-state index in [1.807, 2.05) is 12.1 Å². The van der Waals surface area contributed by atoms with Gasteiger partial charge in [-0.1, -0.05) is 0 Å². The highest BCUT2D eigenvalue weighted by Crippen LogP contribution is 2.37. The summed E-state index contributed by atoms with van der Waals surface area (Å²) in [6, 6.07) is 3.46. The third kappa shape index (κ3) is 4.03. The van der Waals surface area contributed by atoms with Crippen molar-refractivity contribution >= 4 is 28.3 Å². The molecule has 1 rings (SSSR count). The zero-order chi connectivity index (χ0) is 12.1. The Hall–Kier alpha value is -0.490. The van der Waals surface area contributed by atoms with Crippen molar-refractivity contribution in [3.8, 4) is 11.5 Å². The molecule has 1 aromatic carbocycles. The van der Waals surface area contributed by atoms with Crippen LogP contribution in [0, 0.1) is 0 Å². The normalized spacial score (nSPS) is 11.6. The van der Waals surface area contributed by atoms with Crippen LogP contribution in [0.25, 0.3) is 0 Å². The molecule has 0 aliphatic carbocycles. The van der Waals surface area contributed by atoms with Crippen molar-refractivity contribution in [2.24, 2.45) is 5.73 Å². The Morgan fingerprint density at radius 1 is 1.29 bits per heavy atom. The van der Waals surface area contributed by atoms with Crippen LogP contribution >= 0.6 is 28.3 Å². The average Bonchev–Trinajstić information content (AvgIpc) is 2.29. The number of rotatable bonds is 5. The Kier molecular flexibility index (Phi) is 7.54. The molecule has 0 heterocycles. The molecule has 0 aliphatic rings. The summed E-state index contributed by atoms with van der Waals surface area (Å²) in [5.74, 6) is 1.34. The van der Waals surface area contributed by atoms with Gasteiger partial charge in [-0.05, 0) is 40.0 Å². The number of halogens is 2. The summed E-state index contributed by atoms with van der Waals surface area (Å²) < 4.78 is 11.2. The molecule has 0 aromatic heterocycles. The zero-order valence-electron chi connectivity index (χ0n) is 9.77. The van der Waals surface area contributed by atoms with E-state index >= 15 is 0 Å². The van der Waals surface area contributed by atoms with Crippen molar-refractivity contribution in [3.63, 3.8) is 0 Å². The molecule has 3 N–H and O–H groups in total. The number of hydrogen-bond donors (Lipinski definition) is 2. The van der Waals surface area contributed by atoms with E-state index in [9.17, 15) is 0 Å². The molecule has 98 valence electrons. The highest BCUT2D eigenvalue weighted by molar-refractivity contribution is 9.10. The van der Waals surface area contributed by atoms with Crippen LogP contribution < -0.4 is 15.2 Å². The van der Waals surface area contributed by atoms with E-state index in [4.69, 9.17) is 20.3 Å². The first-order valence-electron chi connectivity index (χ1n) is 4.91. The van der Waals surface area contributed by atoms with Gasteiger partial charge in [0, 0.05) is 12.6 Å². The number of hydrogen-bond acceptors (Lipinski definition) is 4. The Morgan fingerprint density at radius 3 is 2.12 bits per heavy atom. The van der Waals surface area contributed by atoms with Gasteiger partial charge in [0.05, 0.1) is 14.2 Å². The van der Waals surface area contributed by atoms with Crippen molar-refractivity contribution in [1.82, 2.24) is 0 Å². The van der Waals surface area contributed by atoms with Gasteiger partial charge in [-0.15, -0.1) is 12.4 Å². The lowest BCUT2D eigenvalue weighted by atomic mass is 10.0. The number of nitrogens with two attached hydrogens (primary N) is 1. The highest BCUT2D eigenvalue weighted by Gasteiger charge is 2.13. The van der Waals surface area contributed by atoms with E-state index in [0.717, 1.165) is 10.0 Å². The molecule has 4 nitrogen and oxygen atoms in total. The smallest absolute Gasteiger partial charge is 0.137 e. The molecule has 0 unspecified atom stereocenters. The van der Waals surface area contributed by atoms with Crippen LogP contribution in [0.4, 0.5) is 0 Å². The van der Waals surface area contributed by atoms with Crippen molar-refractivity contribution in [1.29, 1.82) is 0 Å². The van der Waals surface area contributed by atoms with Gasteiger partial charge in [0.25, 0.3) is 0 Å². The largest absolute Gasteiger partial charge is 0.495 e. The molecule has 17 heavy (non-hydrogen) atoms. The number of methoxy groups -OCH3 is 2. The van der Waals surface area contributed by atoms with Gasteiger partial charge in [0.2, 0.25) is 0 Å². The van der Waals surface area contributed by atoms with Gasteiger partial charge in [0.15, 0.2) is 0 Å². The van der Waals surface area contributed by atoms with Gasteiger partial charge in [-0.3, -0.25) is 0 Å². The van der Waals surface area contributed by atoms with E-state index in [1.165, 1.54) is 0 Å². The first-order valence-corrected chi connectivity index (χ1v) is 5.71. The molecule has 0 aliphatic heterocycles. The number of benzene rings is 1. The van der Waals surface area contributed by atoms with Crippen LogP contribution in [0.1, 0.15) is 18.0 Å². The van der Waals surface area contributed by atoms with Gasteiger partial charge in [0.1, 0.15) is 16.0 Å². The van der Waals surface area contributed by atoms with Crippen LogP contribution in [0.2, 0.25) is 0 Å². The summed E-state index contributed by atoms with van der Waals surface area (Å²) in [6.07, 6.45) is 0.508. The summed E-state index contributed by atoms with van der Waals surface area (Å²) in [5, 5.41) is 8.85. The van der Waals surface area contributed by atoms with Gasteiger partial charge in [-0.25, -0.2) is 0 Å². The lowest BCUT2D eigenvalue weighted by Crippen LogP contribution is -2.12. The molecule has 0 saturated heterocycles. The molecule has 0 fully saturated rings. The minimum absolute atomic E-state index is 0. The maximum absolute atomic E-state index is 8.85. The summed E-state index contributed by atoms with van der Waals surface area (Å²) in [5.41, 5.74) is 6.80. The van der Waals surface area contributed by atoms with E-state index in [1.54, 1.807) is 14.2 Å². The van der Waals surface area contributed by atoms with Crippen LogP contribution in [0.5, 0.6) is 11.5 Å². The fourth-order valence-corrected chi connectivity index (χ4v) is 1.96. The van der Waals surface area contributed by atoms with Gasteiger partial charge < -0.3 is 20.3 Å². The third-order valence-corrected chi connectivity index (χ3v) is 3.12. The molecule has 1 aromatic rings. The summed E-state index contributed by atoms with van der Waals surface area (Å²) in [6.45, 7) is 0.0574. The fourth-order valence-electron chi connectivity index (χ4n) is 1.41. The van der Waals surface area contributed by atoms with Crippen molar-refractivity contribution in [3.05, 3.63) is 22.2 Å². The standard InChI is InChI=1S/C11H16BrNO3.ClH/c1-15-9-5-7(8(13)3-4-14)6-10(16-2)11(9)12;/h5-6,8,14H,3-4,13H2,1-2H3;1H/t8-;/m0./s1. The first-order chi connectivity index (χ1) is 7.63. The second-order valence-electron chi connectivity index (χ2n) is 3.36. The molecule has 6 heteroatoms. The fraction of sp³-hybridized carbons (Fsp3) is 0.455. The zero-order valence-corrected chi connectivity index (χ0v) is 12.2. The van der Waals surface area contributed by atoms with E-state index in [0.29, 0.717) is 17.9 Å². The van der Waals surface area contributed by atoms with Gasteiger partial charge in [-0.2, -0.15) is 0 Å². The van der Waals surface area contributed by atoms with Crippen LogP contribution in [-0.2, 0) is 0 Å². The minimum atomic E-state index is -0.221. The lowest BCUT2D eigenvalue weighted by Gasteiger charge is -2.15. The maximum Gasteiger partial charge on any atom is 0.137 e. The van der Waals surface area contributed by atoms with Crippen molar-refractivity contribution < 1.29 is 14.6 Å². The lowest BCUT2D eigenvalue weighted by molar-refractivity contribution is 0.276. The Balaban J connectivity index is 0.00000256. The van der Waals surface area contributed by atoms with Crippen molar-refractivity contribution in [2.45, 2.75) is 12.5 Å².